The van der Waals surface area contributed by atoms with Crippen LogP contribution in [0.15, 0.2) is 73.4 Å². The molecule has 0 radical (unpaired) electrons. The highest BCUT2D eigenvalue weighted by atomic mass is 16.5. The number of likely N-dealkylation sites (tertiary alicyclic amines) is 1. The van der Waals surface area contributed by atoms with Crippen molar-refractivity contribution in [3.05, 3.63) is 79.0 Å². The van der Waals surface area contributed by atoms with Crippen molar-refractivity contribution < 1.29 is 19.1 Å². The third-order valence-electron chi connectivity index (χ3n) is 6.65. The number of para-hydroxylation sites is 1. The first-order valence-electron chi connectivity index (χ1n) is 11.8. The van der Waals surface area contributed by atoms with Crippen molar-refractivity contribution in [1.29, 1.82) is 0 Å². The summed E-state index contributed by atoms with van der Waals surface area (Å²) in [7, 11) is 0. The molecule has 1 aliphatic heterocycles. The molecular formula is C27H27N5O4. The molecule has 0 unspecified atom stereocenters. The van der Waals surface area contributed by atoms with E-state index in [0.717, 1.165) is 38.1 Å². The average molecular weight is 486 g/mol. The fourth-order valence-corrected chi connectivity index (χ4v) is 4.85. The van der Waals surface area contributed by atoms with Gasteiger partial charge in [0, 0.05) is 25.3 Å². The number of nitrogens with one attached hydrogen (secondary N) is 1. The summed E-state index contributed by atoms with van der Waals surface area (Å²) >= 11 is 0. The van der Waals surface area contributed by atoms with Gasteiger partial charge in [0.25, 0.3) is 5.91 Å². The minimum atomic E-state index is -0.680. The number of hydrogen-bond acceptors (Lipinski definition) is 7. The SMILES string of the molecule is C=CC(=O)N1CCC2(CC(Nc3ncc(C(N)=O)c(Oc4ccc(Oc5ccccc5)cc4)n3)C2)C1. The fraction of sp³-hybridized carbons (Fsp3) is 0.259. The van der Waals surface area contributed by atoms with E-state index in [0.29, 0.717) is 17.4 Å². The quantitative estimate of drug-likeness (QED) is 0.460. The Morgan fingerprint density at radius 1 is 1.06 bits per heavy atom. The standard InChI is InChI=1S/C27H27N5O4/c1-2-23(33)32-13-12-27(17-32)14-18(15-27)30-26-29-16-22(24(28)34)25(31-26)36-21-10-8-20(9-11-21)35-19-6-4-3-5-7-19/h2-11,16,18H,1,12-15,17H2,(H2,28,34)(H,29,30,31). The lowest BCUT2D eigenvalue weighted by Crippen LogP contribution is -2.47. The van der Waals surface area contributed by atoms with Gasteiger partial charge in [0.05, 0.1) is 0 Å². The van der Waals surface area contributed by atoms with Crippen molar-refractivity contribution in [2.75, 3.05) is 18.4 Å². The molecule has 184 valence electrons. The highest BCUT2D eigenvalue weighted by molar-refractivity contribution is 5.95. The van der Waals surface area contributed by atoms with Crippen LogP contribution in [0.4, 0.5) is 5.95 Å². The average Bonchev–Trinajstić information content (AvgIpc) is 3.31. The number of ether oxygens (including phenoxy) is 2. The van der Waals surface area contributed by atoms with Crippen LogP contribution in [-0.2, 0) is 4.79 Å². The number of benzene rings is 2. The van der Waals surface area contributed by atoms with Gasteiger partial charge in [0.2, 0.25) is 17.7 Å². The van der Waals surface area contributed by atoms with E-state index in [2.05, 4.69) is 21.9 Å². The van der Waals surface area contributed by atoms with Gasteiger partial charge in [0.1, 0.15) is 22.8 Å². The molecule has 3 aromatic rings. The number of rotatable bonds is 8. The maximum absolute atomic E-state index is 11.9. The van der Waals surface area contributed by atoms with Gasteiger partial charge in [-0.3, -0.25) is 9.59 Å². The molecule has 2 aliphatic rings. The molecule has 0 atom stereocenters. The Labute approximate surface area is 208 Å². The molecule has 0 bridgehead atoms. The number of carbonyl (C=O) groups is 2. The third-order valence-corrected chi connectivity index (χ3v) is 6.65. The second-order valence-electron chi connectivity index (χ2n) is 9.23. The van der Waals surface area contributed by atoms with Crippen LogP contribution in [-0.4, -0.2) is 45.8 Å². The largest absolute Gasteiger partial charge is 0.457 e. The predicted molar refractivity (Wildman–Crippen MR) is 134 cm³/mol. The van der Waals surface area contributed by atoms with Crippen LogP contribution < -0.4 is 20.5 Å². The smallest absolute Gasteiger partial charge is 0.255 e. The van der Waals surface area contributed by atoms with E-state index in [4.69, 9.17) is 15.2 Å². The van der Waals surface area contributed by atoms with Crippen LogP contribution in [0.1, 0.15) is 29.6 Å². The van der Waals surface area contributed by atoms with Crippen molar-refractivity contribution in [2.24, 2.45) is 11.1 Å². The molecule has 1 spiro atoms. The lowest BCUT2D eigenvalue weighted by Gasteiger charge is -2.45. The van der Waals surface area contributed by atoms with Gasteiger partial charge in [-0.25, -0.2) is 4.98 Å². The Hall–Kier alpha value is -4.40. The minimum absolute atomic E-state index is 0.0184. The summed E-state index contributed by atoms with van der Waals surface area (Å²) < 4.78 is 11.7. The van der Waals surface area contributed by atoms with Crippen LogP contribution in [0.5, 0.6) is 23.1 Å². The molecule has 9 heteroatoms. The molecule has 36 heavy (non-hydrogen) atoms. The topological polar surface area (TPSA) is 120 Å². The first-order chi connectivity index (χ1) is 17.4. The second kappa shape index (κ2) is 9.69. The minimum Gasteiger partial charge on any atom is -0.457 e. The van der Waals surface area contributed by atoms with E-state index < -0.39 is 5.91 Å². The predicted octanol–water partition coefficient (Wildman–Crippen LogP) is 4.14. The van der Waals surface area contributed by atoms with Crippen LogP contribution in [0.3, 0.4) is 0 Å². The Morgan fingerprint density at radius 2 is 1.72 bits per heavy atom. The van der Waals surface area contributed by atoms with E-state index in [1.807, 2.05) is 35.2 Å². The van der Waals surface area contributed by atoms with Gasteiger partial charge < -0.3 is 25.4 Å². The highest BCUT2D eigenvalue weighted by Gasteiger charge is 2.49. The molecule has 1 saturated heterocycles. The van der Waals surface area contributed by atoms with Gasteiger partial charge in [-0.15, -0.1) is 0 Å². The normalized spacial score (nSPS) is 20.4. The summed E-state index contributed by atoms with van der Waals surface area (Å²) in [6, 6.07) is 16.6. The molecule has 1 aromatic heterocycles. The molecule has 2 heterocycles. The number of anilines is 1. The first kappa shape index (κ1) is 23.3. The van der Waals surface area contributed by atoms with E-state index >= 15 is 0 Å². The number of hydrogen-bond donors (Lipinski definition) is 2. The number of nitrogens with two attached hydrogens (primary N) is 1. The van der Waals surface area contributed by atoms with Crippen LogP contribution in [0.25, 0.3) is 0 Å². The highest BCUT2D eigenvalue weighted by Crippen LogP contribution is 2.49. The molecule has 1 saturated carbocycles. The zero-order valence-corrected chi connectivity index (χ0v) is 19.7. The Bertz CT molecular complexity index is 1270. The molecule has 2 fully saturated rings. The summed E-state index contributed by atoms with van der Waals surface area (Å²) in [5.41, 5.74) is 5.73. The van der Waals surface area contributed by atoms with E-state index in [9.17, 15) is 9.59 Å². The Balaban J connectivity index is 1.23. The number of aromatic nitrogens is 2. The van der Waals surface area contributed by atoms with Crippen molar-refractivity contribution in [3.8, 4) is 23.1 Å². The second-order valence-corrected chi connectivity index (χ2v) is 9.23. The van der Waals surface area contributed by atoms with Gasteiger partial charge in [-0.2, -0.15) is 4.98 Å². The van der Waals surface area contributed by atoms with Gasteiger partial charge in [-0.05, 0) is 67.2 Å². The maximum Gasteiger partial charge on any atom is 0.255 e. The summed E-state index contributed by atoms with van der Waals surface area (Å²) in [6.45, 7) is 5.08. The third kappa shape index (κ3) is 5.00. The molecule has 1 aliphatic carbocycles. The summed E-state index contributed by atoms with van der Waals surface area (Å²) in [5, 5.41) is 3.32. The molecule has 9 nitrogen and oxygen atoms in total. The van der Waals surface area contributed by atoms with Crippen molar-refractivity contribution >= 4 is 17.8 Å². The van der Waals surface area contributed by atoms with Crippen molar-refractivity contribution in [3.63, 3.8) is 0 Å². The summed E-state index contributed by atoms with van der Waals surface area (Å²) in [4.78, 5) is 34.4. The summed E-state index contributed by atoms with van der Waals surface area (Å²) in [6.07, 6.45) is 5.54. The molecule has 2 aromatic carbocycles. The number of amides is 2. The molecule has 5 rings (SSSR count). The van der Waals surface area contributed by atoms with Crippen LogP contribution >= 0.6 is 0 Å². The number of nitrogens with zero attached hydrogens (tertiary/aromatic N) is 3. The van der Waals surface area contributed by atoms with Crippen LogP contribution in [0.2, 0.25) is 0 Å². The van der Waals surface area contributed by atoms with E-state index in [-0.39, 0.29) is 28.8 Å². The van der Waals surface area contributed by atoms with Crippen molar-refractivity contribution in [1.82, 2.24) is 14.9 Å². The van der Waals surface area contributed by atoms with E-state index in [1.54, 1.807) is 24.3 Å². The van der Waals surface area contributed by atoms with Crippen LogP contribution in [0, 0.1) is 5.41 Å². The van der Waals surface area contributed by atoms with Gasteiger partial charge in [-0.1, -0.05) is 24.8 Å². The molecular weight excluding hydrogens is 458 g/mol. The fourth-order valence-electron chi connectivity index (χ4n) is 4.85. The van der Waals surface area contributed by atoms with Crippen molar-refractivity contribution in [2.45, 2.75) is 25.3 Å². The van der Waals surface area contributed by atoms with Gasteiger partial charge >= 0.3 is 0 Å². The number of carbonyl (C=O) groups excluding carboxylic acids is 2. The number of primary amides is 1. The first-order valence-corrected chi connectivity index (χ1v) is 11.8. The Morgan fingerprint density at radius 3 is 2.39 bits per heavy atom. The molecule has 2 amide bonds. The summed E-state index contributed by atoms with van der Waals surface area (Å²) in [5.74, 6) is 1.58. The lowest BCUT2D eigenvalue weighted by molar-refractivity contribution is -0.125. The molecule has 3 N–H and O–H groups in total. The van der Waals surface area contributed by atoms with Gasteiger partial charge in [0.15, 0.2) is 0 Å². The zero-order valence-electron chi connectivity index (χ0n) is 19.7. The zero-order chi connectivity index (χ0) is 25.1. The van der Waals surface area contributed by atoms with E-state index in [1.165, 1.54) is 12.3 Å². The monoisotopic (exact) mass is 485 g/mol. The Kier molecular flexibility index (Phi) is 6.28. The lowest BCUT2D eigenvalue weighted by atomic mass is 9.65. The maximum atomic E-state index is 11.9.